The molecule has 2 heterocycles. The van der Waals surface area contributed by atoms with Crippen LogP contribution in [0, 0.1) is 11.6 Å². The number of ether oxygens (including phenoxy) is 3. The summed E-state index contributed by atoms with van der Waals surface area (Å²) in [7, 11) is 3.96. The molecule has 5 amide bonds. The first-order valence-electron chi connectivity index (χ1n) is 14.9. The number of urea groups is 2. The number of piperidine rings is 1. The van der Waals surface area contributed by atoms with Gasteiger partial charge in [0.05, 0.1) is 25.0 Å². The Balaban J connectivity index is 1.36. The number of methoxy groups -OCH3 is 3. The topological polar surface area (TPSA) is 139 Å². The van der Waals surface area contributed by atoms with E-state index in [0.29, 0.717) is 18.9 Å². The van der Waals surface area contributed by atoms with Crippen molar-refractivity contribution >= 4 is 29.6 Å². The van der Waals surface area contributed by atoms with Crippen LogP contribution in [-0.2, 0) is 23.8 Å². The van der Waals surface area contributed by atoms with Crippen LogP contribution in [0.5, 0.6) is 0 Å². The second-order valence-corrected chi connectivity index (χ2v) is 11.0. The van der Waals surface area contributed by atoms with E-state index in [4.69, 9.17) is 14.2 Å². The molecule has 0 aliphatic carbocycles. The van der Waals surface area contributed by atoms with Gasteiger partial charge in [-0.2, -0.15) is 0 Å². The highest BCUT2D eigenvalue weighted by molar-refractivity contribution is 6.01. The number of imide groups is 1. The molecule has 4 rings (SSSR count). The lowest BCUT2D eigenvalue weighted by atomic mass is 9.89. The van der Waals surface area contributed by atoms with Crippen LogP contribution in [0.2, 0.25) is 0 Å². The molecule has 2 aliphatic heterocycles. The van der Waals surface area contributed by atoms with Crippen molar-refractivity contribution < 1.29 is 42.2 Å². The lowest BCUT2D eigenvalue weighted by Crippen LogP contribution is -2.55. The molecule has 0 bridgehead atoms. The van der Waals surface area contributed by atoms with Crippen molar-refractivity contribution in [3.63, 3.8) is 0 Å². The van der Waals surface area contributed by atoms with Crippen LogP contribution in [0.3, 0.4) is 0 Å². The van der Waals surface area contributed by atoms with Gasteiger partial charge in [-0.1, -0.05) is 18.2 Å². The molecule has 2 aliphatic rings. The molecule has 14 heteroatoms. The SMILES string of the molecule is COCC(=O)Nc1cccc(C2CCN(CCCNC(=O)N3C(=O)NC(COC)=C(C(=O)OC)[C@@H]3c3ccc(F)c(F)c3)CC2)c1. The smallest absolute Gasteiger partial charge is 0.338 e. The number of hydrogen-bond donors (Lipinski definition) is 3. The van der Waals surface area contributed by atoms with E-state index in [-0.39, 0.29) is 42.5 Å². The second kappa shape index (κ2) is 16.2. The molecule has 46 heavy (non-hydrogen) atoms. The van der Waals surface area contributed by atoms with Crippen LogP contribution in [0.15, 0.2) is 53.7 Å². The van der Waals surface area contributed by atoms with E-state index in [0.717, 1.165) is 61.3 Å². The Bertz CT molecular complexity index is 1460. The summed E-state index contributed by atoms with van der Waals surface area (Å²) in [6.45, 7) is 2.41. The number of carbonyl (C=O) groups excluding carboxylic acids is 4. The lowest BCUT2D eigenvalue weighted by molar-refractivity contribution is -0.137. The van der Waals surface area contributed by atoms with E-state index in [1.165, 1.54) is 20.3 Å². The highest BCUT2D eigenvalue weighted by Gasteiger charge is 2.43. The molecule has 0 radical (unpaired) electrons. The van der Waals surface area contributed by atoms with Crippen molar-refractivity contribution in [3.8, 4) is 0 Å². The fraction of sp³-hybridized carbons (Fsp3) is 0.438. The molecule has 1 saturated heterocycles. The molecule has 1 fully saturated rings. The van der Waals surface area contributed by atoms with E-state index in [9.17, 15) is 28.0 Å². The maximum Gasteiger partial charge on any atom is 0.338 e. The number of esters is 1. The molecular weight excluding hydrogens is 604 g/mol. The van der Waals surface area contributed by atoms with Crippen LogP contribution >= 0.6 is 0 Å². The highest BCUT2D eigenvalue weighted by Crippen LogP contribution is 2.35. The van der Waals surface area contributed by atoms with E-state index in [1.54, 1.807) is 0 Å². The van der Waals surface area contributed by atoms with Gasteiger partial charge in [-0.25, -0.2) is 28.1 Å². The van der Waals surface area contributed by atoms with Gasteiger partial charge < -0.3 is 35.1 Å². The van der Waals surface area contributed by atoms with E-state index < -0.39 is 35.7 Å². The molecule has 248 valence electrons. The number of likely N-dealkylation sites (tertiary alicyclic amines) is 1. The van der Waals surface area contributed by atoms with E-state index in [1.807, 2.05) is 18.2 Å². The Hall–Kier alpha value is -4.40. The van der Waals surface area contributed by atoms with Crippen molar-refractivity contribution in [2.45, 2.75) is 31.2 Å². The quantitative estimate of drug-likeness (QED) is 0.235. The Morgan fingerprint density at radius 2 is 1.74 bits per heavy atom. The van der Waals surface area contributed by atoms with Crippen LogP contribution < -0.4 is 16.0 Å². The van der Waals surface area contributed by atoms with Gasteiger partial charge in [0.15, 0.2) is 11.6 Å². The molecule has 12 nitrogen and oxygen atoms in total. The highest BCUT2D eigenvalue weighted by atomic mass is 19.2. The maximum absolute atomic E-state index is 14.3. The van der Waals surface area contributed by atoms with Crippen molar-refractivity contribution in [2.75, 3.05) is 66.0 Å². The molecule has 0 saturated carbocycles. The van der Waals surface area contributed by atoms with Crippen LogP contribution in [0.1, 0.15) is 42.3 Å². The summed E-state index contributed by atoms with van der Waals surface area (Å²) in [4.78, 5) is 54.3. The number of benzene rings is 2. The Kier molecular flexibility index (Phi) is 12.2. The average Bonchev–Trinajstić information content (AvgIpc) is 3.04. The molecule has 0 unspecified atom stereocenters. The number of nitrogens with one attached hydrogen (secondary N) is 3. The van der Waals surface area contributed by atoms with Gasteiger partial charge in [0.25, 0.3) is 0 Å². The summed E-state index contributed by atoms with van der Waals surface area (Å²) in [5.41, 5.74) is 1.80. The Labute approximate surface area is 266 Å². The summed E-state index contributed by atoms with van der Waals surface area (Å²) in [6.07, 6.45) is 2.44. The summed E-state index contributed by atoms with van der Waals surface area (Å²) in [6, 6.07) is 7.64. The molecular formula is C32H39F2N5O7. The number of rotatable bonds is 12. The van der Waals surface area contributed by atoms with Crippen molar-refractivity contribution in [2.24, 2.45) is 0 Å². The average molecular weight is 644 g/mol. The van der Waals surface area contributed by atoms with Crippen LogP contribution in [-0.4, -0.2) is 94.5 Å². The first kappa shape index (κ1) is 34.5. The van der Waals surface area contributed by atoms with Gasteiger partial charge in [-0.05, 0) is 80.2 Å². The Morgan fingerprint density at radius 1 is 0.978 bits per heavy atom. The van der Waals surface area contributed by atoms with Gasteiger partial charge in [0.1, 0.15) is 12.6 Å². The zero-order chi connectivity index (χ0) is 33.2. The fourth-order valence-corrected chi connectivity index (χ4v) is 5.75. The number of anilines is 1. The third-order valence-electron chi connectivity index (χ3n) is 7.94. The van der Waals surface area contributed by atoms with Crippen LogP contribution in [0.25, 0.3) is 0 Å². The number of nitrogens with zero attached hydrogens (tertiary/aromatic N) is 2. The molecule has 1 atom stereocenters. The third-order valence-corrected chi connectivity index (χ3v) is 7.94. The monoisotopic (exact) mass is 643 g/mol. The van der Waals surface area contributed by atoms with Gasteiger partial charge >= 0.3 is 18.0 Å². The number of carbonyl (C=O) groups is 4. The lowest BCUT2D eigenvalue weighted by Gasteiger charge is -2.36. The third kappa shape index (κ3) is 8.44. The summed E-state index contributed by atoms with van der Waals surface area (Å²) >= 11 is 0. The predicted molar refractivity (Wildman–Crippen MR) is 164 cm³/mol. The zero-order valence-corrected chi connectivity index (χ0v) is 26.1. The normalized spacial score (nSPS) is 17.5. The van der Waals surface area contributed by atoms with Gasteiger partial charge in [0, 0.05) is 26.5 Å². The van der Waals surface area contributed by atoms with Crippen molar-refractivity contribution in [1.82, 2.24) is 20.4 Å². The summed E-state index contributed by atoms with van der Waals surface area (Å²) in [5, 5.41) is 8.05. The first-order chi connectivity index (χ1) is 22.2. The molecule has 3 N–H and O–H groups in total. The van der Waals surface area contributed by atoms with Gasteiger partial charge in [-0.3, -0.25) is 4.79 Å². The van der Waals surface area contributed by atoms with Gasteiger partial charge in [-0.15, -0.1) is 0 Å². The fourth-order valence-electron chi connectivity index (χ4n) is 5.75. The summed E-state index contributed by atoms with van der Waals surface area (Å²) in [5.74, 6) is -3.05. The standard InChI is InChI=1S/C32H39F2N5O7/c1-44-18-26-28(30(41)46-3)29(22-8-9-24(33)25(34)17-22)39(32(43)37-26)31(42)35-12-5-13-38-14-10-20(11-15-38)21-6-4-7-23(16-21)36-27(40)19-45-2/h4,6-9,16-17,20,29H,5,10-15,18-19H2,1-3H3,(H,35,42)(H,36,40)(H,37,43)/t29-/m0/s1. The predicted octanol–water partition coefficient (Wildman–Crippen LogP) is 3.67. The molecule has 0 spiro atoms. The van der Waals surface area contributed by atoms with Crippen molar-refractivity contribution in [1.29, 1.82) is 0 Å². The van der Waals surface area contributed by atoms with E-state index >= 15 is 0 Å². The van der Waals surface area contributed by atoms with Crippen molar-refractivity contribution in [3.05, 3.63) is 76.5 Å². The Morgan fingerprint density at radius 3 is 2.41 bits per heavy atom. The molecule has 2 aromatic rings. The van der Waals surface area contributed by atoms with E-state index in [2.05, 4.69) is 26.9 Å². The summed E-state index contributed by atoms with van der Waals surface area (Å²) < 4.78 is 42.9. The molecule has 0 aromatic heterocycles. The largest absolute Gasteiger partial charge is 0.466 e. The second-order valence-electron chi connectivity index (χ2n) is 11.0. The first-order valence-corrected chi connectivity index (χ1v) is 14.9. The number of hydrogen-bond acceptors (Lipinski definition) is 8. The van der Waals surface area contributed by atoms with Crippen LogP contribution in [0.4, 0.5) is 24.1 Å². The van der Waals surface area contributed by atoms with Gasteiger partial charge in [0.2, 0.25) is 5.91 Å². The minimum atomic E-state index is -1.40. The zero-order valence-electron chi connectivity index (χ0n) is 26.1. The number of amides is 5. The number of halogens is 2. The minimum absolute atomic E-state index is 0.00340. The minimum Gasteiger partial charge on any atom is -0.466 e. The maximum atomic E-state index is 14.3. The molecule has 2 aromatic carbocycles.